The van der Waals surface area contributed by atoms with Gasteiger partial charge in [-0.15, -0.1) is 11.3 Å². The highest BCUT2D eigenvalue weighted by Gasteiger charge is 2.14. The van der Waals surface area contributed by atoms with Gasteiger partial charge in [0.25, 0.3) is 0 Å². The van der Waals surface area contributed by atoms with Crippen molar-refractivity contribution in [1.82, 2.24) is 9.97 Å². The van der Waals surface area contributed by atoms with Crippen molar-refractivity contribution in [3.05, 3.63) is 87.5 Å². The smallest absolute Gasteiger partial charge is 0.221 e. The second-order valence-electron chi connectivity index (χ2n) is 6.68. The number of hydrazone groups is 1. The molecule has 0 atom stereocenters. The van der Waals surface area contributed by atoms with Crippen molar-refractivity contribution in [3.8, 4) is 22.2 Å². The first kappa shape index (κ1) is 21.3. The zero-order chi connectivity index (χ0) is 21.8. The molecule has 2 aromatic heterocycles. The average Bonchev–Trinajstić information content (AvgIpc) is 3.16. The van der Waals surface area contributed by atoms with E-state index in [1.165, 1.54) is 0 Å². The summed E-state index contributed by atoms with van der Waals surface area (Å²) in [6.07, 6.45) is 0. The maximum absolute atomic E-state index is 6.25. The molecular weight excluding hydrogens is 451 g/mol. The van der Waals surface area contributed by atoms with Gasteiger partial charge in [0, 0.05) is 16.7 Å². The summed E-state index contributed by atoms with van der Waals surface area (Å²) >= 11 is 13.7. The number of thiazole rings is 1. The van der Waals surface area contributed by atoms with Gasteiger partial charge in [-0.1, -0.05) is 41.4 Å². The first-order valence-corrected chi connectivity index (χ1v) is 11.0. The predicted molar refractivity (Wildman–Crippen MR) is 129 cm³/mol. The fraction of sp³-hybridized carbons (Fsp3) is 0.0870. The Kier molecular flexibility index (Phi) is 6.51. The molecule has 8 heteroatoms. The van der Waals surface area contributed by atoms with Crippen LogP contribution >= 0.6 is 34.5 Å². The molecule has 31 heavy (non-hydrogen) atoms. The summed E-state index contributed by atoms with van der Waals surface area (Å²) in [5, 5.41) is 6.27. The van der Waals surface area contributed by atoms with E-state index in [2.05, 4.69) is 15.5 Å². The predicted octanol–water partition coefficient (Wildman–Crippen LogP) is 7.45. The van der Waals surface area contributed by atoms with Gasteiger partial charge in [0.2, 0.25) is 5.88 Å². The molecule has 2 heterocycles. The van der Waals surface area contributed by atoms with Crippen LogP contribution in [0.2, 0.25) is 10.2 Å². The van der Waals surface area contributed by atoms with E-state index in [4.69, 9.17) is 32.9 Å². The molecule has 0 amide bonds. The Morgan fingerprint density at radius 3 is 2.48 bits per heavy atom. The summed E-state index contributed by atoms with van der Waals surface area (Å²) in [6, 6.07) is 20.4. The number of nitrogens with one attached hydrogen (secondary N) is 1. The molecule has 0 aliphatic carbocycles. The third kappa shape index (κ3) is 5.41. The van der Waals surface area contributed by atoms with E-state index in [9.17, 15) is 0 Å². The molecule has 0 spiro atoms. The lowest BCUT2D eigenvalue weighted by Crippen LogP contribution is -1.99. The van der Waals surface area contributed by atoms with Gasteiger partial charge in [-0.2, -0.15) is 5.10 Å². The summed E-state index contributed by atoms with van der Waals surface area (Å²) in [4.78, 5) is 9.96. The Balaban J connectivity index is 1.58. The minimum Gasteiger partial charge on any atom is -0.439 e. The van der Waals surface area contributed by atoms with Gasteiger partial charge in [0.1, 0.15) is 15.9 Å². The van der Waals surface area contributed by atoms with Crippen molar-refractivity contribution < 1.29 is 4.74 Å². The zero-order valence-corrected chi connectivity index (χ0v) is 19.1. The van der Waals surface area contributed by atoms with E-state index >= 15 is 0 Å². The Bertz CT molecular complexity index is 1220. The lowest BCUT2D eigenvalue weighted by atomic mass is 10.2. The van der Waals surface area contributed by atoms with Crippen LogP contribution in [0, 0.1) is 6.92 Å². The van der Waals surface area contributed by atoms with Gasteiger partial charge in [0.15, 0.2) is 0 Å². The third-order valence-electron chi connectivity index (χ3n) is 4.31. The van der Waals surface area contributed by atoms with E-state index in [0.717, 1.165) is 32.5 Å². The molecule has 5 nitrogen and oxygen atoms in total. The first-order chi connectivity index (χ1) is 15.0. The summed E-state index contributed by atoms with van der Waals surface area (Å²) in [7, 11) is 0. The van der Waals surface area contributed by atoms with E-state index in [1.807, 2.05) is 50.2 Å². The normalized spacial score (nSPS) is 11.4. The maximum Gasteiger partial charge on any atom is 0.221 e. The van der Waals surface area contributed by atoms with Crippen molar-refractivity contribution in [2.45, 2.75) is 13.8 Å². The van der Waals surface area contributed by atoms with E-state index in [0.29, 0.717) is 21.8 Å². The van der Waals surface area contributed by atoms with Gasteiger partial charge in [-0.3, -0.25) is 5.43 Å². The van der Waals surface area contributed by atoms with Crippen molar-refractivity contribution in [1.29, 1.82) is 0 Å². The van der Waals surface area contributed by atoms with Crippen LogP contribution in [0.4, 0.5) is 5.69 Å². The molecule has 0 saturated carbocycles. The summed E-state index contributed by atoms with van der Waals surface area (Å²) in [5.74, 6) is 1.01. The monoisotopic (exact) mass is 468 g/mol. The molecule has 0 radical (unpaired) electrons. The van der Waals surface area contributed by atoms with Crippen molar-refractivity contribution in [3.63, 3.8) is 0 Å². The topological polar surface area (TPSA) is 59.4 Å². The summed E-state index contributed by atoms with van der Waals surface area (Å²) in [6.45, 7) is 3.92. The number of halogens is 2. The maximum atomic E-state index is 6.25. The van der Waals surface area contributed by atoms with Crippen LogP contribution in [0.5, 0.6) is 11.6 Å². The number of para-hydroxylation sites is 1. The van der Waals surface area contributed by atoms with Crippen LogP contribution in [0.15, 0.2) is 71.8 Å². The van der Waals surface area contributed by atoms with Crippen molar-refractivity contribution in [2.75, 3.05) is 5.43 Å². The molecule has 0 unspecified atom stereocenters. The highest BCUT2D eigenvalue weighted by atomic mass is 35.5. The molecule has 156 valence electrons. The standard InChI is InChI=1S/C23H18Cl2N4OS/c1-14-22(15(2)28-29-18-6-4-3-5-7-18)31-23(26-14)16-12-20(25)27-21(13-16)30-19-10-8-17(24)9-11-19/h3-13,29H,1-2H3. The molecule has 1 N–H and O–H groups in total. The fourth-order valence-electron chi connectivity index (χ4n) is 2.84. The first-order valence-electron chi connectivity index (χ1n) is 9.42. The molecule has 0 aliphatic rings. The highest BCUT2D eigenvalue weighted by molar-refractivity contribution is 7.17. The lowest BCUT2D eigenvalue weighted by molar-refractivity contribution is 0.463. The van der Waals surface area contributed by atoms with Crippen LogP contribution in [0.3, 0.4) is 0 Å². The average molecular weight is 469 g/mol. The zero-order valence-electron chi connectivity index (χ0n) is 16.8. The van der Waals surface area contributed by atoms with Gasteiger partial charge in [-0.05, 0) is 56.3 Å². The molecular formula is C23H18Cl2N4OS. The lowest BCUT2D eigenvalue weighted by Gasteiger charge is -2.06. The number of aromatic nitrogens is 2. The minimum atomic E-state index is 0.326. The van der Waals surface area contributed by atoms with Crippen molar-refractivity contribution >= 4 is 45.9 Å². The Morgan fingerprint density at radius 1 is 1.00 bits per heavy atom. The molecule has 0 saturated heterocycles. The van der Waals surface area contributed by atoms with E-state index in [-0.39, 0.29) is 0 Å². The molecule has 0 aliphatic heterocycles. The van der Waals surface area contributed by atoms with Gasteiger partial charge in [0.05, 0.1) is 22.0 Å². The molecule has 4 rings (SSSR count). The van der Waals surface area contributed by atoms with E-state index < -0.39 is 0 Å². The summed E-state index contributed by atoms with van der Waals surface area (Å²) in [5.41, 5.74) is 6.57. The largest absolute Gasteiger partial charge is 0.439 e. The second kappa shape index (κ2) is 9.47. The van der Waals surface area contributed by atoms with Crippen LogP contribution in [0.1, 0.15) is 17.5 Å². The Morgan fingerprint density at radius 2 is 1.74 bits per heavy atom. The molecule has 4 aromatic rings. The number of rotatable bonds is 6. The van der Waals surface area contributed by atoms with Gasteiger partial charge in [-0.25, -0.2) is 9.97 Å². The fourth-order valence-corrected chi connectivity index (χ4v) is 4.16. The number of aryl methyl sites for hydroxylation is 1. The number of hydrogen-bond acceptors (Lipinski definition) is 6. The van der Waals surface area contributed by atoms with Crippen LogP contribution in [0.25, 0.3) is 10.6 Å². The van der Waals surface area contributed by atoms with Crippen LogP contribution in [-0.4, -0.2) is 15.7 Å². The van der Waals surface area contributed by atoms with Gasteiger partial charge >= 0.3 is 0 Å². The summed E-state index contributed by atoms with van der Waals surface area (Å²) < 4.78 is 5.84. The third-order valence-corrected chi connectivity index (χ3v) is 6.07. The SMILES string of the molecule is CC(=NNc1ccccc1)c1sc(-c2cc(Cl)nc(Oc3ccc(Cl)cc3)c2)nc1C. The van der Waals surface area contributed by atoms with E-state index in [1.54, 1.807) is 41.7 Å². The quantitative estimate of drug-likeness (QED) is 0.181. The molecule has 0 fully saturated rings. The number of pyridine rings is 1. The Hall–Kier alpha value is -2.93. The number of ether oxygens (including phenoxy) is 1. The van der Waals surface area contributed by atoms with Crippen LogP contribution in [-0.2, 0) is 0 Å². The van der Waals surface area contributed by atoms with Crippen LogP contribution < -0.4 is 10.2 Å². The van der Waals surface area contributed by atoms with Gasteiger partial charge < -0.3 is 4.74 Å². The Labute approximate surface area is 194 Å². The number of nitrogens with zero attached hydrogens (tertiary/aromatic N) is 3. The van der Waals surface area contributed by atoms with Crippen molar-refractivity contribution in [2.24, 2.45) is 5.10 Å². The molecule has 0 bridgehead atoms. The molecule has 2 aromatic carbocycles. The second-order valence-corrected chi connectivity index (χ2v) is 8.50. The highest BCUT2D eigenvalue weighted by Crippen LogP contribution is 2.33. The number of anilines is 1. The number of benzene rings is 2. The number of hydrogen-bond donors (Lipinski definition) is 1. The minimum absolute atomic E-state index is 0.326.